The van der Waals surface area contributed by atoms with Crippen molar-refractivity contribution in [1.82, 2.24) is 10.6 Å². The van der Waals surface area contributed by atoms with Crippen LogP contribution in [0.3, 0.4) is 0 Å². The molecule has 0 amide bonds. The van der Waals surface area contributed by atoms with Gasteiger partial charge in [0, 0.05) is 32.1 Å². The number of halogens is 2. The summed E-state index contributed by atoms with van der Waals surface area (Å²) < 4.78 is 24.8. The number of hydrogen-bond donors (Lipinski definition) is 2. The molecule has 28 heavy (non-hydrogen) atoms. The Kier molecular flexibility index (Phi) is 7.12. The molecule has 1 fully saturated rings. The molecule has 0 aliphatic carbocycles. The Hall–Kier alpha value is -2.31. The van der Waals surface area contributed by atoms with Crippen LogP contribution in [0.4, 0.5) is 4.39 Å². The number of aliphatic imine (C=N–C) groups is 1. The number of nitrogens with zero attached hydrogens (tertiary/aromatic N) is 1. The van der Waals surface area contributed by atoms with E-state index in [1.165, 1.54) is 6.07 Å². The van der Waals surface area contributed by atoms with E-state index < -0.39 is 5.82 Å². The maximum Gasteiger partial charge on any atom is 0.191 e. The van der Waals surface area contributed by atoms with Crippen LogP contribution in [0.5, 0.6) is 5.75 Å². The molecule has 1 atom stereocenters. The van der Waals surface area contributed by atoms with Crippen molar-refractivity contribution in [3.05, 3.63) is 63.9 Å². The molecule has 1 aliphatic rings. The summed E-state index contributed by atoms with van der Waals surface area (Å²) in [5.74, 6) is 1.08. The zero-order valence-electron chi connectivity index (χ0n) is 16.1. The molecule has 0 radical (unpaired) electrons. The van der Waals surface area contributed by atoms with E-state index in [-0.39, 0.29) is 11.1 Å². The summed E-state index contributed by atoms with van der Waals surface area (Å²) in [7, 11) is 1.70. The van der Waals surface area contributed by atoms with Crippen LogP contribution in [-0.2, 0) is 17.8 Å². The van der Waals surface area contributed by atoms with Crippen LogP contribution in [0.1, 0.15) is 23.1 Å². The minimum absolute atomic E-state index is 0.0983. The largest absolute Gasteiger partial charge is 0.488 e. The summed E-state index contributed by atoms with van der Waals surface area (Å²) in [4.78, 5) is 4.24. The first-order valence-corrected chi connectivity index (χ1v) is 9.65. The first-order chi connectivity index (χ1) is 13.5. The van der Waals surface area contributed by atoms with E-state index in [1.807, 2.05) is 13.0 Å². The third-order valence-corrected chi connectivity index (χ3v) is 4.81. The molecule has 0 saturated carbocycles. The lowest BCUT2D eigenvalue weighted by Crippen LogP contribution is -2.36. The van der Waals surface area contributed by atoms with Crippen LogP contribution in [0, 0.1) is 12.7 Å². The Morgan fingerprint density at radius 2 is 2.07 bits per heavy atom. The van der Waals surface area contributed by atoms with Gasteiger partial charge in [-0.25, -0.2) is 4.39 Å². The van der Waals surface area contributed by atoms with E-state index in [4.69, 9.17) is 21.1 Å². The quantitative estimate of drug-likeness (QED) is 0.566. The molecule has 2 N–H and O–H groups in total. The number of aryl methyl sites for hydroxylation is 1. The van der Waals surface area contributed by atoms with Gasteiger partial charge in [0.2, 0.25) is 0 Å². The average molecular weight is 406 g/mol. The number of ether oxygens (including phenoxy) is 2. The van der Waals surface area contributed by atoms with Crippen LogP contribution in [0.2, 0.25) is 5.02 Å². The van der Waals surface area contributed by atoms with Gasteiger partial charge in [0.25, 0.3) is 0 Å². The fourth-order valence-corrected chi connectivity index (χ4v) is 3.14. The van der Waals surface area contributed by atoms with Gasteiger partial charge < -0.3 is 20.1 Å². The number of hydrogen-bond acceptors (Lipinski definition) is 3. The summed E-state index contributed by atoms with van der Waals surface area (Å²) in [6.45, 7) is 4.46. The van der Waals surface area contributed by atoms with Crippen molar-refractivity contribution in [3.63, 3.8) is 0 Å². The van der Waals surface area contributed by atoms with Crippen molar-refractivity contribution >= 4 is 17.6 Å². The van der Waals surface area contributed by atoms with Gasteiger partial charge in [-0.2, -0.15) is 0 Å². The maximum absolute atomic E-state index is 13.3. The van der Waals surface area contributed by atoms with Gasteiger partial charge >= 0.3 is 0 Å². The van der Waals surface area contributed by atoms with Gasteiger partial charge in [-0.1, -0.05) is 29.8 Å². The molecule has 7 heteroatoms. The molecule has 1 saturated heterocycles. The number of nitrogens with one attached hydrogen (secondary N) is 2. The normalized spacial score (nSPS) is 16.9. The predicted molar refractivity (Wildman–Crippen MR) is 109 cm³/mol. The number of guanidine groups is 1. The van der Waals surface area contributed by atoms with Gasteiger partial charge in [0.1, 0.15) is 17.7 Å². The summed E-state index contributed by atoms with van der Waals surface area (Å²) in [5, 5.41) is 6.60. The van der Waals surface area contributed by atoms with Crippen molar-refractivity contribution in [2.45, 2.75) is 32.5 Å². The van der Waals surface area contributed by atoms with Crippen molar-refractivity contribution in [3.8, 4) is 5.75 Å². The molecule has 150 valence electrons. The van der Waals surface area contributed by atoms with Gasteiger partial charge in [-0.3, -0.25) is 4.99 Å². The second-order valence-electron chi connectivity index (χ2n) is 6.74. The second kappa shape index (κ2) is 9.75. The third-order valence-electron chi connectivity index (χ3n) is 4.52. The molecule has 0 bridgehead atoms. The Morgan fingerprint density at radius 1 is 1.25 bits per heavy atom. The van der Waals surface area contributed by atoms with Crippen molar-refractivity contribution in [2.24, 2.45) is 4.99 Å². The summed E-state index contributed by atoms with van der Waals surface area (Å²) >= 11 is 5.83. The van der Waals surface area contributed by atoms with Crippen LogP contribution in [0.15, 0.2) is 41.4 Å². The van der Waals surface area contributed by atoms with Gasteiger partial charge in [-0.15, -0.1) is 0 Å². The molecule has 3 rings (SSSR count). The molecular weight excluding hydrogens is 381 g/mol. The molecule has 0 aromatic heterocycles. The van der Waals surface area contributed by atoms with E-state index in [0.717, 1.165) is 35.5 Å². The molecule has 1 unspecified atom stereocenters. The average Bonchev–Trinajstić information content (AvgIpc) is 3.19. The predicted octanol–water partition coefficient (Wildman–Crippen LogP) is 3.82. The Balaban J connectivity index is 1.59. The second-order valence-corrected chi connectivity index (χ2v) is 7.15. The molecule has 0 spiro atoms. The smallest absolute Gasteiger partial charge is 0.191 e. The maximum atomic E-state index is 13.3. The first kappa shape index (κ1) is 20.4. The topological polar surface area (TPSA) is 54.9 Å². The monoisotopic (exact) mass is 405 g/mol. The van der Waals surface area contributed by atoms with Gasteiger partial charge in [0.05, 0.1) is 18.2 Å². The number of benzene rings is 2. The first-order valence-electron chi connectivity index (χ1n) is 9.27. The van der Waals surface area contributed by atoms with E-state index in [1.54, 1.807) is 19.2 Å². The molecular formula is C21H25ClFN3O2. The Labute approximate surface area is 169 Å². The highest BCUT2D eigenvalue weighted by atomic mass is 35.5. The number of rotatable bonds is 6. The SMILES string of the molecule is CN=C(NCc1ccc(F)c(Cl)c1)NCc1ccc(C)cc1OC1CCOC1. The summed E-state index contributed by atoms with van der Waals surface area (Å²) in [6, 6.07) is 10.8. The van der Waals surface area contributed by atoms with E-state index >= 15 is 0 Å². The Bertz CT molecular complexity index is 838. The fourth-order valence-electron chi connectivity index (χ4n) is 2.94. The lowest BCUT2D eigenvalue weighted by molar-refractivity contribution is 0.140. The van der Waals surface area contributed by atoms with Crippen molar-refractivity contribution < 1.29 is 13.9 Å². The minimum atomic E-state index is -0.424. The molecule has 1 aliphatic heterocycles. The molecule has 5 nitrogen and oxygen atoms in total. The highest BCUT2D eigenvalue weighted by Crippen LogP contribution is 2.24. The third kappa shape index (κ3) is 5.59. The highest BCUT2D eigenvalue weighted by Gasteiger charge is 2.18. The van der Waals surface area contributed by atoms with Crippen LogP contribution in [-0.4, -0.2) is 32.3 Å². The van der Waals surface area contributed by atoms with Crippen LogP contribution >= 0.6 is 11.6 Å². The lowest BCUT2D eigenvalue weighted by Gasteiger charge is -2.18. The molecule has 1 heterocycles. The molecule has 2 aromatic carbocycles. The minimum Gasteiger partial charge on any atom is -0.488 e. The van der Waals surface area contributed by atoms with E-state index in [2.05, 4.69) is 27.8 Å². The fraction of sp³-hybridized carbons (Fsp3) is 0.381. The van der Waals surface area contributed by atoms with Gasteiger partial charge in [-0.05, 0) is 36.2 Å². The Morgan fingerprint density at radius 3 is 2.79 bits per heavy atom. The highest BCUT2D eigenvalue weighted by molar-refractivity contribution is 6.30. The zero-order valence-corrected chi connectivity index (χ0v) is 16.9. The van der Waals surface area contributed by atoms with Crippen LogP contribution < -0.4 is 15.4 Å². The van der Waals surface area contributed by atoms with Crippen molar-refractivity contribution in [1.29, 1.82) is 0 Å². The summed E-state index contributed by atoms with van der Waals surface area (Å²) in [6.07, 6.45) is 1.01. The van der Waals surface area contributed by atoms with Crippen molar-refractivity contribution in [2.75, 3.05) is 20.3 Å². The molecule has 2 aromatic rings. The zero-order chi connectivity index (χ0) is 19.9. The lowest BCUT2D eigenvalue weighted by atomic mass is 10.1. The summed E-state index contributed by atoms with van der Waals surface area (Å²) in [5.41, 5.74) is 3.06. The van der Waals surface area contributed by atoms with Gasteiger partial charge in [0.15, 0.2) is 5.96 Å². The van der Waals surface area contributed by atoms with E-state index in [9.17, 15) is 4.39 Å². The standard InChI is InChI=1S/C21H25ClFN3O2/c1-14-3-5-16(20(9-14)28-17-7-8-27-13-17)12-26-21(24-2)25-11-15-4-6-19(23)18(22)10-15/h3-6,9-10,17H,7-8,11-13H2,1-2H3,(H2,24,25,26). The van der Waals surface area contributed by atoms with Crippen LogP contribution in [0.25, 0.3) is 0 Å². The van der Waals surface area contributed by atoms with E-state index in [0.29, 0.717) is 25.7 Å².